The minimum Gasteiger partial charge on any atom is -0.366 e. The minimum absolute atomic E-state index is 0.270. The third-order valence-electron chi connectivity index (χ3n) is 1.69. The number of aromatic nitrogens is 4. The Morgan fingerprint density at radius 3 is 2.92 bits per heavy atom. The molecule has 0 bridgehead atoms. The summed E-state index contributed by atoms with van der Waals surface area (Å²) in [6.45, 7) is 0. The molecule has 0 aliphatic heterocycles. The van der Waals surface area contributed by atoms with Crippen LogP contribution in [0.2, 0.25) is 0 Å². The number of nitrogens with one attached hydrogen (secondary N) is 1. The zero-order valence-corrected chi connectivity index (χ0v) is 6.65. The molecule has 0 saturated heterocycles. The molecule has 0 aliphatic carbocycles. The summed E-state index contributed by atoms with van der Waals surface area (Å²) in [7, 11) is 1.94. The molecular weight excluding hydrogens is 154 g/mol. The van der Waals surface area contributed by atoms with E-state index in [2.05, 4.69) is 15.2 Å². The zero-order valence-electron chi connectivity index (χ0n) is 6.65. The highest BCUT2D eigenvalue weighted by atomic mass is 15.3. The fourth-order valence-electron chi connectivity index (χ4n) is 1.10. The quantitative estimate of drug-likeness (QED) is 0.638. The predicted octanol–water partition coefficient (Wildman–Crippen LogP) is 0.392. The number of H-pyrrole nitrogens is 1. The summed E-state index contributed by atoms with van der Waals surface area (Å²) in [5.74, 6) is 0.964. The van der Waals surface area contributed by atoms with Crippen LogP contribution in [-0.4, -0.2) is 19.7 Å². The van der Waals surface area contributed by atoms with Crippen LogP contribution in [0.25, 0.3) is 11.5 Å². The molecule has 2 rings (SSSR count). The average Bonchev–Trinajstić information content (AvgIpc) is 2.58. The third kappa shape index (κ3) is 0.952. The van der Waals surface area contributed by atoms with E-state index in [0.29, 0.717) is 5.82 Å². The van der Waals surface area contributed by atoms with Crippen LogP contribution in [0.3, 0.4) is 0 Å². The summed E-state index contributed by atoms with van der Waals surface area (Å²) in [6, 6.07) is 3.88. The van der Waals surface area contributed by atoms with Crippen LogP contribution in [0.5, 0.6) is 0 Å². The van der Waals surface area contributed by atoms with Crippen LogP contribution in [0.1, 0.15) is 0 Å². The Balaban J connectivity index is 2.50. The molecule has 3 N–H and O–H groups in total. The molecule has 2 aromatic heterocycles. The monoisotopic (exact) mass is 163 g/mol. The molecule has 12 heavy (non-hydrogen) atoms. The van der Waals surface area contributed by atoms with Crippen molar-refractivity contribution >= 4 is 5.95 Å². The van der Waals surface area contributed by atoms with Gasteiger partial charge in [0.15, 0.2) is 5.82 Å². The molecule has 0 saturated carbocycles. The van der Waals surface area contributed by atoms with E-state index in [-0.39, 0.29) is 5.95 Å². The number of nitrogen functional groups attached to an aromatic ring is 1. The van der Waals surface area contributed by atoms with E-state index in [4.69, 9.17) is 5.73 Å². The molecule has 62 valence electrons. The average molecular weight is 163 g/mol. The molecule has 2 heterocycles. The second-order valence-electron chi connectivity index (χ2n) is 2.55. The van der Waals surface area contributed by atoms with Gasteiger partial charge in [0.1, 0.15) is 0 Å². The van der Waals surface area contributed by atoms with Crippen molar-refractivity contribution < 1.29 is 0 Å². The van der Waals surface area contributed by atoms with Gasteiger partial charge in [0.25, 0.3) is 0 Å². The Morgan fingerprint density at radius 2 is 2.42 bits per heavy atom. The summed E-state index contributed by atoms with van der Waals surface area (Å²) in [5.41, 5.74) is 6.34. The topological polar surface area (TPSA) is 72.5 Å². The number of aryl methyl sites for hydroxylation is 1. The van der Waals surface area contributed by atoms with Crippen molar-refractivity contribution in [3.05, 3.63) is 18.3 Å². The zero-order chi connectivity index (χ0) is 8.55. The summed E-state index contributed by atoms with van der Waals surface area (Å²) in [4.78, 5) is 4.00. The molecule has 2 aromatic rings. The Morgan fingerprint density at radius 1 is 1.58 bits per heavy atom. The Labute approximate surface area is 69.2 Å². The summed E-state index contributed by atoms with van der Waals surface area (Å²) < 4.78 is 1.94. The lowest BCUT2D eigenvalue weighted by Crippen LogP contribution is -1.91. The first kappa shape index (κ1) is 6.90. The summed E-state index contributed by atoms with van der Waals surface area (Å²) in [6.07, 6.45) is 1.94. The first-order valence-electron chi connectivity index (χ1n) is 3.57. The molecule has 5 nitrogen and oxygen atoms in total. The number of aromatic amines is 1. The molecule has 0 spiro atoms. The number of rotatable bonds is 1. The van der Waals surface area contributed by atoms with E-state index in [0.717, 1.165) is 5.69 Å². The van der Waals surface area contributed by atoms with Crippen molar-refractivity contribution in [1.29, 1.82) is 0 Å². The largest absolute Gasteiger partial charge is 0.366 e. The fourth-order valence-corrected chi connectivity index (χ4v) is 1.10. The number of nitrogens with two attached hydrogens (primary N) is 1. The molecule has 0 amide bonds. The standard InChI is InChI=1S/C7H9N5/c1-12-4-2-3-5(12)6-9-7(8)11-10-6/h2-4H,1H3,(H3,8,9,10,11). The number of hydrogen-bond acceptors (Lipinski definition) is 3. The van der Waals surface area contributed by atoms with E-state index < -0.39 is 0 Å². The van der Waals surface area contributed by atoms with Crippen LogP contribution in [0.15, 0.2) is 18.3 Å². The highest BCUT2D eigenvalue weighted by Crippen LogP contribution is 2.13. The van der Waals surface area contributed by atoms with Gasteiger partial charge >= 0.3 is 0 Å². The Kier molecular flexibility index (Phi) is 1.36. The van der Waals surface area contributed by atoms with Gasteiger partial charge in [0, 0.05) is 13.2 Å². The lowest BCUT2D eigenvalue weighted by Gasteiger charge is -1.96. The van der Waals surface area contributed by atoms with Crippen LogP contribution in [0.4, 0.5) is 5.95 Å². The third-order valence-corrected chi connectivity index (χ3v) is 1.69. The van der Waals surface area contributed by atoms with E-state index in [9.17, 15) is 0 Å². The number of nitrogens with zero attached hydrogens (tertiary/aromatic N) is 3. The summed E-state index contributed by atoms with van der Waals surface area (Å²) in [5, 5.41) is 6.48. The van der Waals surface area contributed by atoms with Crippen molar-refractivity contribution in [3.8, 4) is 11.5 Å². The molecule has 0 fully saturated rings. The Bertz CT molecular complexity index is 386. The Hall–Kier alpha value is -1.78. The molecular formula is C7H9N5. The molecule has 0 aromatic carbocycles. The number of anilines is 1. The fraction of sp³-hybridized carbons (Fsp3) is 0.143. The van der Waals surface area contributed by atoms with Crippen LogP contribution in [0, 0.1) is 0 Å². The lowest BCUT2D eigenvalue weighted by molar-refractivity contribution is 0.922. The van der Waals surface area contributed by atoms with Crippen molar-refractivity contribution in [3.63, 3.8) is 0 Å². The van der Waals surface area contributed by atoms with E-state index in [1.54, 1.807) is 0 Å². The first-order chi connectivity index (χ1) is 5.77. The van der Waals surface area contributed by atoms with Gasteiger partial charge in [-0.1, -0.05) is 0 Å². The van der Waals surface area contributed by atoms with Gasteiger partial charge < -0.3 is 10.3 Å². The highest BCUT2D eigenvalue weighted by Gasteiger charge is 2.04. The van der Waals surface area contributed by atoms with Crippen molar-refractivity contribution in [2.75, 3.05) is 5.73 Å². The second kappa shape index (κ2) is 2.37. The predicted molar refractivity (Wildman–Crippen MR) is 45.2 cm³/mol. The van der Waals surface area contributed by atoms with E-state index in [1.807, 2.05) is 29.9 Å². The van der Waals surface area contributed by atoms with Gasteiger partial charge in [-0.3, -0.25) is 5.10 Å². The minimum atomic E-state index is 0.270. The maximum absolute atomic E-state index is 5.37. The van der Waals surface area contributed by atoms with Gasteiger partial charge in [-0.25, -0.2) is 0 Å². The van der Waals surface area contributed by atoms with Gasteiger partial charge in [-0.2, -0.15) is 4.98 Å². The highest BCUT2D eigenvalue weighted by molar-refractivity contribution is 5.51. The maximum Gasteiger partial charge on any atom is 0.239 e. The normalized spacial score (nSPS) is 10.4. The lowest BCUT2D eigenvalue weighted by atomic mass is 10.4. The van der Waals surface area contributed by atoms with Gasteiger partial charge in [-0.05, 0) is 12.1 Å². The molecule has 0 unspecified atom stereocenters. The SMILES string of the molecule is Cn1cccc1-c1nc(N)n[nH]1. The first-order valence-corrected chi connectivity index (χ1v) is 3.57. The molecule has 5 heteroatoms. The van der Waals surface area contributed by atoms with Gasteiger partial charge in [-0.15, -0.1) is 5.10 Å². The van der Waals surface area contributed by atoms with Crippen LogP contribution in [-0.2, 0) is 7.05 Å². The maximum atomic E-state index is 5.37. The van der Waals surface area contributed by atoms with Gasteiger partial charge in [0.2, 0.25) is 5.95 Å². The van der Waals surface area contributed by atoms with Crippen molar-refractivity contribution in [1.82, 2.24) is 19.7 Å². The summed E-state index contributed by atoms with van der Waals surface area (Å²) >= 11 is 0. The molecule has 0 radical (unpaired) electrons. The van der Waals surface area contributed by atoms with Crippen molar-refractivity contribution in [2.24, 2.45) is 7.05 Å². The van der Waals surface area contributed by atoms with Crippen molar-refractivity contribution in [2.45, 2.75) is 0 Å². The molecule has 0 aliphatic rings. The van der Waals surface area contributed by atoms with E-state index in [1.165, 1.54) is 0 Å². The number of hydrogen-bond donors (Lipinski definition) is 2. The van der Waals surface area contributed by atoms with Crippen LogP contribution >= 0.6 is 0 Å². The molecule has 0 atom stereocenters. The van der Waals surface area contributed by atoms with Gasteiger partial charge in [0.05, 0.1) is 5.69 Å². The van der Waals surface area contributed by atoms with Crippen LogP contribution < -0.4 is 5.73 Å². The smallest absolute Gasteiger partial charge is 0.239 e. The second-order valence-corrected chi connectivity index (χ2v) is 2.55. The van der Waals surface area contributed by atoms with E-state index >= 15 is 0 Å².